The van der Waals surface area contributed by atoms with Crippen LogP contribution < -0.4 is 15.0 Å². The molecule has 1 N–H and O–H groups in total. The second-order valence-electron chi connectivity index (χ2n) is 7.40. The molecule has 3 heterocycles. The number of para-hydroxylation sites is 2. The lowest BCUT2D eigenvalue weighted by Gasteiger charge is -2.29. The van der Waals surface area contributed by atoms with Crippen molar-refractivity contribution >= 4 is 23.1 Å². The first kappa shape index (κ1) is 19.9. The Bertz CT molecular complexity index is 1060. The van der Waals surface area contributed by atoms with Crippen LogP contribution in [0.4, 0.5) is 5.69 Å². The molecular weight excluding hydrogens is 380 g/mol. The number of nitrogens with one attached hydrogen (secondary N) is 1. The largest absolute Gasteiger partial charge is 0.490 e. The minimum absolute atomic E-state index is 0.118. The quantitative estimate of drug-likeness (QED) is 0.611. The summed E-state index contributed by atoms with van der Waals surface area (Å²) in [5, 5.41) is 2.97. The number of fused-ring (bicyclic) bond motifs is 2. The smallest absolute Gasteiger partial charge is 0.270 e. The van der Waals surface area contributed by atoms with E-state index in [4.69, 9.17) is 4.74 Å². The van der Waals surface area contributed by atoms with Gasteiger partial charge in [-0.1, -0.05) is 24.6 Å². The first-order valence-electron chi connectivity index (χ1n) is 10.4. The fourth-order valence-electron chi connectivity index (χ4n) is 3.81. The molecule has 1 aliphatic rings. The normalized spacial score (nSPS) is 13.0. The van der Waals surface area contributed by atoms with Gasteiger partial charge in [0.25, 0.3) is 5.91 Å². The van der Waals surface area contributed by atoms with Crippen LogP contribution in [0.25, 0.3) is 5.65 Å². The molecule has 7 heteroatoms. The van der Waals surface area contributed by atoms with Gasteiger partial charge in [0.05, 0.1) is 17.9 Å². The summed E-state index contributed by atoms with van der Waals surface area (Å²) in [6, 6.07) is 13.3. The van der Waals surface area contributed by atoms with Gasteiger partial charge >= 0.3 is 0 Å². The SMILES string of the molecule is Cc1nc2ccccn2c1C(=O)NCCCCCC(=O)N1CCOc2ccccc21. The van der Waals surface area contributed by atoms with Crippen molar-refractivity contribution in [2.75, 3.05) is 24.6 Å². The zero-order chi connectivity index (χ0) is 20.9. The maximum atomic E-state index is 12.6. The van der Waals surface area contributed by atoms with Crippen LogP contribution in [0.2, 0.25) is 0 Å². The molecule has 0 saturated carbocycles. The molecule has 2 aromatic heterocycles. The number of nitrogens with zero attached hydrogens (tertiary/aromatic N) is 3. The number of hydrogen-bond acceptors (Lipinski definition) is 4. The van der Waals surface area contributed by atoms with E-state index < -0.39 is 0 Å². The zero-order valence-corrected chi connectivity index (χ0v) is 17.1. The monoisotopic (exact) mass is 406 g/mol. The molecule has 0 atom stereocenters. The van der Waals surface area contributed by atoms with E-state index in [0.717, 1.165) is 42.0 Å². The van der Waals surface area contributed by atoms with Gasteiger partial charge in [-0.3, -0.25) is 14.0 Å². The Balaban J connectivity index is 1.21. The lowest BCUT2D eigenvalue weighted by molar-refractivity contribution is -0.119. The first-order chi connectivity index (χ1) is 14.6. The molecule has 0 radical (unpaired) electrons. The number of hydrogen-bond donors (Lipinski definition) is 1. The van der Waals surface area contributed by atoms with Gasteiger partial charge in [0.15, 0.2) is 0 Å². The summed E-state index contributed by atoms with van der Waals surface area (Å²) in [4.78, 5) is 31.4. The Morgan fingerprint density at radius 2 is 1.93 bits per heavy atom. The van der Waals surface area contributed by atoms with Crippen LogP contribution in [-0.2, 0) is 4.79 Å². The fourth-order valence-corrected chi connectivity index (χ4v) is 3.81. The van der Waals surface area contributed by atoms with E-state index >= 15 is 0 Å². The second-order valence-corrected chi connectivity index (χ2v) is 7.40. The van der Waals surface area contributed by atoms with Crippen LogP contribution in [0.1, 0.15) is 41.9 Å². The van der Waals surface area contributed by atoms with Gasteiger partial charge in [-0.15, -0.1) is 0 Å². The van der Waals surface area contributed by atoms with E-state index in [-0.39, 0.29) is 11.8 Å². The van der Waals surface area contributed by atoms with Gasteiger partial charge in [-0.25, -0.2) is 4.98 Å². The summed E-state index contributed by atoms with van der Waals surface area (Å²) < 4.78 is 7.42. The van der Waals surface area contributed by atoms with Crippen LogP contribution in [0, 0.1) is 6.92 Å². The summed E-state index contributed by atoms with van der Waals surface area (Å²) in [5.41, 5.74) is 2.91. The number of carbonyl (C=O) groups excluding carboxylic acids is 2. The minimum Gasteiger partial charge on any atom is -0.490 e. The Labute approximate surface area is 175 Å². The highest BCUT2D eigenvalue weighted by Crippen LogP contribution is 2.31. The van der Waals surface area contributed by atoms with Gasteiger partial charge in [-0.2, -0.15) is 0 Å². The molecule has 0 aliphatic carbocycles. The topological polar surface area (TPSA) is 75.9 Å². The molecule has 156 valence electrons. The van der Waals surface area contributed by atoms with Crippen molar-refractivity contribution in [3.63, 3.8) is 0 Å². The van der Waals surface area contributed by atoms with E-state index in [9.17, 15) is 9.59 Å². The molecule has 0 spiro atoms. The summed E-state index contributed by atoms with van der Waals surface area (Å²) >= 11 is 0. The number of ether oxygens (including phenoxy) is 1. The predicted octanol–water partition coefficient (Wildman–Crippen LogP) is 3.36. The number of pyridine rings is 1. The van der Waals surface area contributed by atoms with Gasteiger partial charge in [0, 0.05) is 19.2 Å². The molecule has 30 heavy (non-hydrogen) atoms. The molecule has 0 bridgehead atoms. The molecule has 3 aromatic rings. The van der Waals surface area contributed by atoms with Crippen molar-refractivity contribution in [3.8, 4) is 5.75 Å². The van der Waals surface area contributed by atoms with Crippen LogP contribution in [0.15, 0.2) is 48.7 Å². The summed E-state index contributed by atoms with van der Waals surface area (Å²) in [6.45, 7) is 3.53. The highest BCUT2D eigenvalue weighted by atomic mass is 16.5. The number of unbranched alkanes of at least 4 members (excludes halogenated alkanes) is 2. The van der Waals surface area contributed by atoms with E-state index in [1.54, 1.807) is 0 Å². The van der Waals surface area contributed by atoms with Crippen molar-refractivity contribution in [2.45, 2.75) is 32.6 Å². The Hall–Kier alpha value is -3.35. The van der Waals surface area contributed by atoms with Crippen molar-refractivity contribution in [3.05, 3.63) is 60.0 Å². The molecule has 0 unspecified atom stereocenters. The Morgan fingerprint density at radius 1 is 1.10 bits per heavy atom. The molecule has 1 aromatic carbocycles. The van der Waals surface area contributed by atoms with E-state index in [1.165, 1.54) is 0 Å². The maximum absolute atomic E-state index is 12.6. The second kappa shape index (κ2) is 8.98. The molecule has 7 nitrogen and oxygen atoms in total. The van der Waals surface area contributed by atoms with Gasteiger partial charge in [0.1, 0.15) is 23.7 Å². The molecule has 0 saturated heterocycles. The highest BCUT2D eigenvalue weighted by molar-refractivity contribution is 5.95. The Kier molecular flexibility index (Phi) is 5.97. The van der Waals surface area contributed by atoms with Crippen LogP contribution in [0.5, 0.6) is 5.75 Å². The minimum atomic E-state index is -0.118. The number of aryl methyl sites for hydroxylation is 1. The van der Waals surface area contributed by atoms with Crippen molar-refractivity contribution in [1.29, 1.82) is 0 Å². The zero-order valence-electron chi connectivity index (χ0n) is 17.1. The predicted molar refractivity (Wildman–Crippen MR) is 115 cm³/mol. The molecule has 1 aliphatic heterocycles. The van der Waals surface area contributed by atoms with Gasteiger partial charge in [0.2, 0.25) is 5.91 Å². The Morgan fingerprint density at radius 3 is 2.83 bits per heavy atom. The van der Waals surface area contributed by atoms with Crippen molar-refractivity contribution < 1.29 is 14.3 Å². The summed E-state index contributed by atoms with van der Waals surface area (Å²) in [7, 11) is 0. The lowest BCUT2D eigenvalue weighted by Crippen LogP contribution is -2.37. The number of carbonyl (C=O) groups is 2. The lowest BCUT2D eigenvalue weighted by atomic mass is 10.1. The molecule has 4 rings (SSSR count). The number of aromatic nitrogens is 2. The number of amides is 2. The number of benzene rings is 1. The standard InChI is InChI=1S/C23H26N4O3/c1-17-22(27-14-8-6-11-20(27)25-17)23(29)24-13-7-2-3-12-21(28)26-15-16-30-19-10-5-4-9-18(19)26/h4-6,8-11,14H,2-3,7,12-13,15-16H2,1H3,(H,24,29). The van der Waals surface area contributed by atoms with E-state index in [2.05, 4.69) is 10.3 Å². The van der Waals surface area contributed by atoms with Crippen molar-refractivity contribution in [1.82, 2.24) is 14.7 Å². The third-order valence-electron chi connectivity index (χ3n) is 5.30. The van der Waals surface area contributed by atoms with E-state index in [1.807, 2.05) is 64.9 Å². The fraction of sp³-hybridized carbons (Fsp3) is 0.348. The number of imidazole rings is 1. The first-order valence-corrected chi connectivity index (χ1v) is 10.4. The summed E-state index contributed by atoms with van der Waals surface area (Å²) in [6.07, 6.45) is 4.84. The van der Waals surface area contributed by atoms with Crippen molar-refractivity contribution in [2.24, 2.45) is 0 Å². The summed E-state index contributed by atoms with van der Waals surface area (Å²) in [5.74, 6) is 0.769. The maximum Gasteiger partial charge on any atom is 0.270 e. The van der Waals surface area contributed by atoms with Crippen LogP contribution >= 0.6 is 0 Å². The average Bonchev–Trinajstić information content (AvgIpc) is 3.11. The third-order valence-corrected chi connectivity index (χ3v) is 5.30. The number of anilines is 1. The number of rotatable bonds is 7. The molecule has 2 amide bonds. The molecular formula is C23H26N4O3. The van der Waals surface area contributed by atoms with E-state index in [0.29, 0.717) is 31.8 Å². The van der Waals surface area contributed by atoms with Crippen LogP contribution in [-0.4, -0.2) is 40.9 Å². The highest BCUT2D eigenvalue weighted by Gasteiger charge is 2.22. The molecule has 0 fully saturated rings. The average molecular weight is 406 g/mol. The van der Waals surface area contributed by atoms with Gasteiger partial charge < -0.3 is 15.0 Å². The van der Waals surface area contributed by atoms with Gasteiger partial charge in [-0.05, 0) is 44.0 Å². The van der Waals surface area contributed by atoms with Crippen LogP contribution in [0.3, 0.4) is 0 Å². The third kappa shape index (κ3) is 4.15.